The second kappa shape index (κ2) is 6.40. The van der Waals surface area contributed by atoms with Gasteiger partial charge in [0.2, 0.25) is 0 Å². The second-order valence-corrected chi connectivity index (χ2v) is 7.60. The van der Waals surface area contributed by atoms with Crippen LogP contribution in [0.4, 0.5) is 0 Å². The molecule has 1 heterocycles. The van der Waals surface area contributed by atoms with E-state index in [1.165, 1.54) is 5.57 Å². The maximum absolute atomic E-state index is 9.48. The molecule has 0 fully saturated rings. The average molecular weight is 300 g/mol. The SMILES string of the molecule is CC(C)N(CCC1=C[N+](C)(C)C2C=CC=C(C#N)C12)C(C)C. The molecule has 3 heteroatoms. The lowest BCUT2D eigenvalue weighted by Gasteiger charge is -2.33. The van der Waals surface area contributed by atoms with E-state index in [0.29, 0.717) is 18.1 Å². The van der Waals surface area contributed by atoms with Crippen LogP contribution in [0.5, 0.6) is 0 Å². The number of nitriles is 1. The third-order valence-electron chi connectivity index (χ3n) is 5.04. The minimum atomic E-state index is 0.270. The van der Waals surface area contributed by atoms with Crippen LogP contribution in [-0.4, -0.2) is 48.1 Å². The molecular formula is C19H30N3+. The third kappa shape index (κ3) is 3.19. The van der Waals surface area contributed by atoms with E-state index in [1.54, 1.807) is 0 Å². The van der Waals surface area contributed by atoms with Crippen LogP contribution in [0.3, 0.4) is 0 Å². The van der Waals surface area contributed by atoms with Crippen LogP contribution < -0.4 is 0 Å². The van der Waals surface area contributed by atoms with E-state index < -0.39 is 0 Å². The largest absolute Gasteiger partial charge is 0.298 e. The molecule has 0 spiro atoms. The number of fused-ring (bicyclic) bond motifs is 1. The molecule has 120 valence electrons. The average Bonchev–Trinajstić information content (AvgIpc) is 2.70. The van der Waals surface area contributed by atoms with Crippen molar-refractivity contribution in [1.82, 2.24) is 4.90 Å². The summed E-state index contributed by atoms with van der Waals surface area (Å²) in [6.07, 6.45) is 9.72. The number of likely N-dealkylation sites (N-methyl/N-ethyl adjacent to an activating group) is 1. The van der Waals surface area contributed by atoms with Gasteiger partial charge in [0.25, 0.3) is 0 Å². The fourth-order valence-electron chi connectivity index (χ4n) is 3.99. The minimum absolute atomic E-state index is 0.270. The van der Waals surface area contributed by atoms with Gasteiger partial charge in [-0.2, -0.15) is 5.26 Å². The Bertz CT molecular complexity index is 536. The van der Waals surface area contributed by atoms with Crippen LogP contribution in [0.1, 0.15) is 34.1 Å². The van der Waals surface area contributed by atoms with Gasteiger partial charge in [-0.3, -0.25) is 9.38 Å². The Morgan fingerprint density at radius 1 is 1.23 bits per heavy atom. The van der Waals surface area contributed by atoms with Crippen LogP contribution in [0, 0.1) is 17.2 Å². The van der Waals surface area contributed by atoms with Crippen molar-refractivity contribution in [2.75, 3.05) is 20.6 Å². The summed E-state index contributed by atoms with van der Waals surface area (Å²) in [5, 5.41) is 9.48. The molecule has 1 aliphatic heterocycles. The fourth-order valence-corrected chi connectivity index (χ4v) is 3.99. The highest BCUT2D eigenvalue weighted by Crippen LogP contribution is 2.41. The van der Waals surface area contributed by atoms with Gasteiger partial charge in [0.05, 0.1) is 32.3 Å². The first-order valence-corrected chi connectivity index (χ1v) is 8.37. The summed E-state index contributed by atoms with van der Waals surface area (Å²) in [5.74, 6) is 0.270. The topological polar surface area (TPSA) is 27.0 Å². The Morgan fingerprint density at radius 3 is 2.41 bits per heavy atom. The normalized spacial score (nSPS) is 26.2. The minimum Gasteiger partial charge on any atom is -0.298 e. The maximum atomic E-state index is 9.48. The summed E-state index contributed by atoms with van der Waals surface area (Å²) in [6, 6.07) is 3.90. The summed E-state index contributed by atoms with van der Waals surface area (Å²) in [4.78, 5) is 2.53. The van der Waals surface area contributed by atoms with E-state index in [0.717, 1.165) is 23.0 Å². The molecule has 2 rings (SSSR count). The first-order chi connectivity index (χ1) is 10.3. The summed E-state index contributed by atoms with van der Waals surface area (Å²) < 4.78 is 0.846. The van der Waals surface area contributed by atoms with Gasteiger partial charge >= 0.3 is 0 Å². The van der Waals surface area contributed by atoms with Crippen molar-refractivity contribution >= 4 is 0 Å². The standard InChI is InChI=1S/C19H30N3/c1-14(2)21(15(3)4)11-10-17-13-22(5,6)18-9-7-8-16(12-20)19(17)18/h7-9,13-15,18-19H,10-11H2,1-6H3/q+1. The summed E-state index contributed by atoms with van der Waals surface area (Å²) in [6.45, 7) is 10.1. The number of hydrogen-bond donors (Lipinski definition) is 0. The van der Waals surface area contributed by atoms with Crippen molar-refractivity contribution < 1.29 is 4.48 Å². The zero-order valence-electron chi connectivity index (χ0n) is 14.9. The smallest absolute Gasteiger partial charge is 0.123 e. The first-order valence-electron chi connectivity index (χ1n) is 8.37. The van der Waals surface area contributed by atoms with Crippen molar-refractivity contribution in [1.29, 1.82) is 5.26 Å². The first kappa shape index (κ1) is 17.0. The van der Waals surface area contributed by atoms with Crippen molar-refractivity contribution in [2.45, 2.75) is 52.2 Å². The van der Waals surface area contributed by atoms with Gasteiger partial charge in [-0.15, -0.1) is 0 Å². The Labute approximate surface area is 135 Å². The van der Waals surface area contributed by atoms with Crippen molar-refractivity contribution in [3.05, 3.63) is 35.6 Å². The molecule has 2 unspecified atom stereocenters. The predicted octanol–water partition coefficient (Wildman–Crippen LogP) is 3.47. The molecule has 0 aromatic heterocycles. The summed E-state index contributed by atoms with van der Waals surface area (Å²) in [7, 11) is 4.47. The summed E-state index contributed by atoms with van der Waals surface area (Å²) in [5.41, 5.74) is 2.35. The number of hydrogen-bond acceptors (Lipinski definition) is 2. The summed E-state index contributed by atoms with van der Waals surface area (Å²) >= 11 is 0. The molecule has 1 aliphatic carbocycles. The maximum Gasteiger partial charge on any atom is 0.123 e. The lowest BCUT2D eigenvalue weighted by Crippen LogP contribution is -2.43. The fraction of sp³-hybridized carbons (Fsp3) is 0.632. The monoisotopic (exact) mass is 300 g/mol. The van der Waals surface area contributed by atoms with Crippen molar-refractivity contribution in [3.8, 4) is 6.07 Å². The van der Waals surface area contributed by atoms with Gasteiger partial charge in [0, 0.05) is 24.2 Å². The molecule has 0 bridgehead atoms. The van der Waals surface area contributed by atoms with E-state index in [2.05, 4.69) is 65.0 Å². The number of allylic oxidation sites excluding steroid dienone is 2. The Hall–Kier alpha value is -1.37. The van der Waals surface area contributed by atoms with Crippen LogP contribution in [0.25, 0.3) is 0 Å². The second-order valence-electron chi connectivity index (χ2n) is 7.60. The van der Waals surface area contributed by atoms with E-state index >= 15 is 0 Å². The lowest BCUT2D eigenvalue weighted by molar-refractivity contribution is -0.854. The van der Waals surface area contributed by atoms with E-state index in [4.69, 9.17) is 0 Å². The van der Waals surface area contributed by atoms with Crippen LogP contribution in [0.2, 0.25) is 0 Å². The van der Waals surface area contributed by atoms with E-state index in [1.807, 2.05) is 12.2 Å². The lowest BCUT2D eigenvalue weighted by atomic mass is 9.83. The van der Waals surface area contributed by atoms with Gasteiger partial charge in [-0.25, -0.2) is 0 Å². The quantitative estimate of drug-likeness (QED) is 0.727. The predicted molar refractivity (Wildman–Crippen MR) is 91.9 cm³/mol. The van der Waals surface area contributed by atoms with E-state index in [-0.39, 0.29) is 5.92 Å². The number of rotatable bonds is 5. The van der Waals surface area contributed by atoms with Gasteiger partial charge < -0.3 is 0 Å². The molecule has 0 aromatic carbocycles. The van der Waals surface area contributed by atoms with Crippen LogP contribution in [-0.2, 0) is 0 Å². The Balaban J connectivity index is 2.18. The highest BCUT2D eigenvalue weighted by Gasteiger charge is 2.45. The molecule has 0 amide bonds. The molecule has 0 radical (unpaired) electrons. The van der Waals surface area contributed by atoms with Gasteiger partial charge in [-0.1, -0.05) is 6.08 Å². The molecule has 0 saturated heterocycles. The third-order valence-corrected chi connectivity index (χ3v) is 5.04. The highest BCUT2D eigenvalue weighted by atomic mass is 15.3. The molecule has 2 atom stereocenters. The Kier molecular flexibility index (Phi) is 4.94. The van der Waals surface area contributed by atoms with Crippen LogP contribution >= 0.6 is 0 Å². The van der Waals surface area contributed by atoms with Crippen LogP contribution in [0.15, 0.2) is 35.6 Å². The van der Waals surface area contributed by atoms with Gasteiger partial charge in [0.1, 0.15) is 6.04 Å². The Morgan fingerprint density at radius 2 is 1.86 bits per heavy atom. The van der Waals surface area contributed by atoms with E-state index in [9.17, 15) is 5.26 Å². The van der Waals surface area contributed by atoms with Crippen molar-refractivity contribution in [2.24, 2.45) is 5.92 Å². The molecule has 0 aromatic rings. The zero-order valence-corrected chi connectivity index (χ0v) is 14.9. The van der Waals surface area contributed by atoms with Gasteiger partial charge in [0.15, 0.2) is 0 Å². The molecular weight excluding hydrogens is 270 g/mol. The highest BCUT2D eigenvalue weighted by molar-refractivity contribution is 5.41. The van der Waals surface area contributed by atoms with Crippen molar-refractivity contribution in [3.63, 3.8) is 0 Å². The zero-order chi connectivity index (χ0) is 16.5. The number of nitrogens with zero attached hydrogens (tertiary/aromatic N) is 3. The van der Waals surface area contributed by atoms with Gasteiger partial charge in [-0.05, 0) is 51.8 Å². The molecule has 3 nitrogen and oxygen atoms in total. The molecule has 0 N–H and O–H groups in total. The molecule has 22 heavy (non-hydrogen) atoms. The number of quaternary nitrogens is 1. The molecule has 0 saturated carbocycles. The molecule has 2 aliphatic rings.